The third kappa shape index (κ3) is 9.10. The minimum Gasteiger partial charge on any atom is -0.467 e. The Bertz CT molecular complexity index is 1190. The Hall–Kier alpha value is -3.80. The van der Waals surface area contributed by atoms with E-state index in [4.69, 9.17) is 14.2 Å². The largest absolute Gasteiger partial charge is 0.467 e. The van der Waals surface area contributed by atoms with Crippen LogP contribution in [0.2, 0.25) is 0 Å². The van der Waals surface area contributed by atoms with Crippen LogP contribution < -0.4 is 0 Å². The quantitative estimate of drug-likeness (QED) is 0.246. The van der Waals surface area contributed by atoms with Crippen LogP contribution in [-0.2, 0) is 23.8 Å². The highest BCUT2D eigenvalue weighted by atomic mass is 16.6. The van der Waals surface area contributed by atoms with Crippen LogP contribution in [0.4, 0.5) is 9.59 Å². The minimum atomic E-state index is -0.888. The summed E-state index contributed by atoms with van der Waals surface area (Å²) in [5.74, 6) is -2.28. The molecule has 2 saturated heterocycles. The van der Waals surface area contributed by atoms with Crippen LogP contribution in [0.25, 0.3) is 0 Å². The van der Waals surface area contributed by atoms with Gasteiger partial charge in [-0.15, -0.1) is 0 Å². The zero-order chi connectivity index (χ0) is 33.0. The normalized spacial score (nSPS) is 22.0. The maximum absolute atomic E-state index is 13.3. The molecule has 0 spiro atoms. The van der Waals surface area contributed by atoms with Crippen LogP contribution in [0.1, 0.15) is 87.9 Å². The van der Waals surface area contributed by atoms with Crippen molar-refractivity contribution in [2.24, 2.45) is 11.8 Å². The van der Waals surface area contributed by atoms with E-state index in [0.717, 1.165) is 0 Å². The third-order valence-corrected chi connectivity index (χ3v) is 7.49. The molecule has 1 N–H and O–H groups in total. The van der Waals surface area contributed by atoms with Crippen molar-refractivity contribution in [3.05, 3.63) is 35.4 Å². The lowest BCUT2D eigenvalue weighted by atomic mass is 9.92. The topological polar surface area (TPSA) is 157 Å². The number of hydrogen-bond acceptors (Lipinski definition) is 10. The monoisotopic (exact) mass is 616 g/mol. The van der Waals surface area contributed by atoms with Gasteiger partial charge in [-0.05, 0) is 72.3 Å². The van der Waals surface area contributed by atoms with E-state index in [9.17, 15) is 33.9 Å². The lowest BCUT2D eigenvalue weighted by Gasteiger charge is -2.27. The molecule has 0 aromatic heterocycles. The number of Topliss-reactive ketones (excluding diaryl/α,β-unsaturated/α-hetero) is 3. The van der Waals surface area contributed by atoms with Crippen LogP contribution in [-0.4, -0.2) is 101 Å². The third-order valence-electron chi connectivity index (χ3n) is 7.49. The number of benzene rings is 1. The summed E-state index contributed by atoms with van der Waals surface area (Å²) in [4.78, 5) is 79.4. The summed E-state index contributed by atoms with van der Waals surface area (Å²) in [6.07, 6.45) is -0.822. The van der Waals surface area contributed by atoms with Crippen molar-refractivity contribution in [3.63, 3.8) is 0 Å². The summed E-state index contributed by atoms with van der Waals surface area (Å²) in [5, 5.41) is 9.42. The predicted molar refractivity (Wildman–Crippen MR) is 158 cm³/mol. The summed E-state index contributed by atoms with van der Waals surface area (Å²) in [6, 6.07) is 4.57. The number of methoxy groups -OCH3 is 1. The van der Waals surface area contributed by atoms with Crippen molar-refractivity contribution in [1.29, 1.82) is 0 Å². The summed E-state index contributed by atoms with van der Waals surface area (Å²) < 4.78 is 15.7. The summed E-state index contributed by atoms with van der Waals surface area (Å²) in [7, 11) is 1.24. The number of nitrogens with zero attached hydrogens (tertiary/aromatic N) is 2. The van der Waals surface area contributed by atoms with Crippen LogP contribution >= 0.6 is 0 Å². The fourth-order valence-corrected chi connectivity index (χ4v) is 5.58. The molecule has 4 atom stereocenters. The Morgan fingerprint density at radius 2 is 1.20 bits per heavy atom. The Balaban J connectivity index is 1.68. The Kier molecular flexibility index (Phi) is 10.9. The van der Waals surface area contributed by atoms with Crippen molar-refractivity contribution in [1.82, 2.24) is 9.80 Å². The van der Waals surface area contributed by atoms with Crippen molar-refractivity contribution in [2.45, 2.75) is 90.5 Å². The molecule has 0 saturated carbocycles. The SMILES string of the molecule is COC(=O)[C@@H]1C[C@H](CC(=O)c2cccc(C(=O)C[C@H]3C[C@@H](C(=O)CO)N(C(=O)OC(C)(C)C)C3)c2)CN1C(=O)OC(C)(C)C. The number of esters is 1. The predicted octanol–water partition coefficient (Wildman–Crippen LogP) is 3.82. The average Bonchev–Trinajstić information content (AvgIpc) is 3.55. The molecule has 2 fully saturated rings. The molecule has 0 bridgehead atoms. The van der Waals surface area contributed by atoms with E-state index < -0.39 is 53.8 Å². The van der Waals surface area contributed by atoms with Gasteiger partial charge in [0.25, 0.3) is 0 Å². The molecule has 1 aromatic rings. The number of aliphatic hydroxyl groups excluding tert-OH is 1. The van der Waals surface area contributed by atoms with Gasteiger partial charge in [0.15, 0.2) is 17.3 Å². The number of carbonyl (C=O) groups excluding carboxylic acids is 6. The van der Waals surface area contributed by atoms with Gasteiger partial charge in [-0.3, -0.25) is 24.2 Å². The molecule has 0 aliphatic carbocycles. The molecule has 12 nitrogen and oxygen atoms in total. The summed E-state index contributed by atoms with van der Waals surface area (Å²) >= 11 is 0. The first kappa shape index (κ1) is 34.7. The molecule has 2 aliphatic rings. The standard InChI is InChI=1S/C32H44N2O10/c1-31(2,3)43-29(40)33-16-19(11-23(33)27(38)18-35)13-25(36)21-9-8-10-22(15-21)26(37)14-20-12-24(28(39)42-7)34(17-20)30(41)44-32(4,5)6/h8-10,15,19-20,23-24,35H,11-14,16-18H2,1-7H3/t19-,20-,23+,24+/m1/s1. The molecule has 242 valence electrons. The minimum absolute atomic E-state index is 0.0282. The van der Waals surface area contributed by atoms with Crippen molar-refractivity contribution >= 4 is 35.5 Å². The highest BCUT2D eigenvalue weighted by Crippen LogP contribution is 2.31. The van der Waals surface area contributed by atoms with Gasteiger partial charge in [0.1, 0.15) is 23.9 Å². The van der Waals surface area contributed by atoms with Gasteiger partial charge < -0.3 is 19.3 Å². The second-order valence-electron chi connectivity index (χ2n) is 13.5. The van der Waals surface area contributed by atoms with E-state index in [2.05, 4.69) is 0 Å². The number of likely N-dealkylation sites (tertiary alicyclic amines) is 2. The zero-order valence-electron chi connectivity index (χ0n) is 26.6. The molecule has 44 heavy (non-hydrogen) atoms. The van der Waals surface area contributed by atoms with Gasteiger partial charge in [-0.2, -0.15) is 0 Å². The fraction of sp³-hybridized carbons (Fsp3) is 0.625. The second kappa shape index (κ2) is 13.9. The highest BCUT2D eigenvalue weighted by molar-refractivity contribution is 6.01. The first-order chi connectivity index (χ1) is 20.4. The molecule has 0 radical (unpaired) electrons. The van der Waals surface area contributed by atoms with Crippen molar-refractivity contribution < 1.29 is 48.1 Å². The Morgan fingerprint density at radius 1 is 0.773 bits per heavy atom. The number of amides is 2. The smallest absolute Gasteiger partial charge is 0.411 e. The molecule has 12 heteroatoms. The van der Waals surface area contributed by atoms with E-state index in [0.29, 0.717) is 11.1 Å². The molecular weight excluding hydrogens is 572 g/mol. The van der Waals surface area contributed by atoms with Gasteiger partial charge >= 0.3 is 18.2 Å². The fourth-order valence-electron chi connectivity index (χ4n) is 5.58. The molecule has 2 aliphatic heterocycles. The molecule has 3 rings (SSSR count). The molecule has 0 unspecified atom stereocenters. The molecular formula is C32H44N2O10. The van der Waals surface area contributed by atoms with E-state index >= 15 is 0 Å². The van der Waals surface area contributed by atoms with Crippen molar-refractivity contribution in [2.75, 3.05) is 26.8 Å². The second-order valence-corrected chi connectivity index (χ2v) is 13.5. The van der Waals surface area contributed by atoms with Gasteiger partial charge in [-0.25, -0.2) is 14.4 Å². The van der Waals surface area contributed by atoms with Gasteiger partial charge in [0, 0.05) is 37.1 Å². The van der Waals surface area contributed by atoms with Gasteiger partial charge in [0.2, 0.25) is 0 Å². The number of carbonyl (C=O) groups is 6. The lowest BCUT2D eigenvalue weighted by Crippen LogP contribution is -2.44. The van der Waals surface area contributed by atoms with E-state index in [1.165, 1.54) is 23.0 Å². The van der Waals surface area contributed by atoms with E-state index in [1.807, 2.05) is 0 Å². The Labute approximate surface area is 258 Å². The van der Waals surface area contributed by atoms with Crippen LogP contribution in [0.5, 0.6) is 0 Å². The molecule has 1 aromatic carbocycles. The molecule has 2 amide bonds. The first-order valence-corrected chi connectivity index (χ1v) is 14.8. The maximum Gasteiger partial charge on any atom is 0.411 e. The lowest BCUT2D eigenvalue weighted by molar-refractivity contribution is -0.145. The highest BCUT2D eigenvalue weighted by Gasteiger charge is 2.43. The summed E-state index contributed by atoms with van der Waals surface area (Å²) in [6.45, 7) is 9.82. The number of rotatable bonds is 9. The van der Waals surface area contributed by atoms with E-state index in [1.54, 1.807) is 59.7 Å². The number of hydrogen-bond donors (Lipinski definition) is 1. The van der Waals surface area contributed by atoms with E-state index in [-0.39, 0.29) is 62.2 Å². The van der Waals surface area contributed by atoms with Gasteiger partial charge in [0.05, 0.1) is 13.2 Å². The number of ether oxygens (including phenoxy) is 3. The summed E-state index contributed by atoms with van der Waals surface area (Å²) in [5.41, 5.74) is -0.917. The number of ketones is 3. The average molecular weight is 617 g/mol. The number of aliphatic hydroxyl groups is 1. The molecule has 2 heterocycles. The van der Waals surface area contributed by atoms with Crippen molar-refractivity contribution in [3.8, 4) is 0 Å². The van der Waals surface area contributed by atoms with Crippen LogP contribution in [0.15, 0.2) is 24.3 Å². The Morgan fingerprint density at radius 3 is 1.61 bits per heavy atom. The first-order valence-electron chi connectivity index (χ1n) is 14.8. The zero-order valence-corrected chi connectivity index (χ0v) is 26.6. The van der Waals surface area contributed by atoms with Crippen LogP contribution in [0.3, 0.4) is 0 Å². The van der Waals surface area contributed by atoms with Crippen LogP contribution in [0, 0.1) is 11.8 Å². The maximum atomic E-state index is 13.3. The van der Waals surface area contributed by atoms with Gasteiger partial charge in [-0.1, -0.05) is 18.2 Å².